The lowest BCUT2D eigenvalue weighted by Crippen LogP contribution is -2.57. The SMILES string of the molecule is COc1cccc(NC(=O)N2C(CC(C)C)C(c3ccccc3)C(C(=O)c3ccccc3)C23C(=O)Nc2ccc(Br)cc23)c1. The zero-order chi connectivity index (χ0) is 31.0. The van der Waals surface area contributed by atoms with E-state index in [1.807, 2.05) is 66.7 Å². The molecule has 4 atom stereocenters. The smallest absolute Gasteiger partial charge is 0.323 e. The Morgan fingerprint density at radius 1 is 0.955 bits per heavy atom. The molecular formula is C36H34BrN3O4. The first-order valence-electron chi connectivity index (χ1n) is 14.8. The summed E-state index contributed by atoms with van der Waals surface area (Å²) >= 11 is 3.60. The van der Waals surface area contributed by atoms with Gasteiger partial charge >= 0.3 is 6.03 Å². The second kappa shape index (κ2) is 11.9. The van der Waals surface area contributed by atoms with Crippen molar-refractivity contribution in [2.45, 2.75) is 37.8 Å². The predicted octanol–water partition coefficient (Wildman–Crippen LogP) is 7.85. The summed E-state index contributed by atoms with van der Waals surface area (Å²) in [6.45, 7) is 4.19. The number of fused-ring (bicyclic) bond motifs is 2. The van der Waals surface area contributed by atoms with E-state index in [9.17, 15) is 14.4 Å². The Balaban J connectivity index is 1.64. The molecule has 2 aliphatic rings. The molecule has 6 rings (SSSR count). The molecule has 0 bridgehead atoms. The van der Waals surface area contributed by atoms with Crippen LogP contribution in [0.25, 0.3) is 0 Å². The Morgan fingerprint density at radius 3 is 2.34 bits per heavy atom. The molecule has 0 aliphatic carbocycles. The van der Waals surface area contributed by atoms with Crippen molar-refractivity contribution < 1.29 is 19.1 Å². The molecule has 3 amide bonds. The number of Topliss-reactive ketones (excluding diaryl/α,β-unsaturated/α-hetero) is 1. The number of urea groups is 1. The van der Waals surface area contributed by atoms with Crippen molar-refractivity contribution in [1.29, 1.82) is 0 Å². The second-order valence-corrected chi connectivity index (χ2v) is 12.7. The molecule has 0 radical (unpaired) electrons. The molecule has 1 saturated heterocycles. The molecule has 2 N–H and O–H groups in total. The lowest BCUT2D eigenvalue weighted by Gasteiger charge is -2.39. The Kier molecular flexibility index (Phi) is 8.03. The van der Waals surface area contributed by atoms with Gasteiger partial charge in [0.25, 0.3) is 5.91 Å². The zero-order valence-corrected chi connectivity index (χ0v) is 26.4. The summed E-state index contributed by atoms with van der Waals surface area (Å²) in [7, 11) is 1.57. The fourth-order valence-corrected chi connectivity index (χ4v) is 7.40. The number of ether oxygens (including phenoxy) is 1. The van der Waals surface area contributed by atoms with Gasteiger partial charge in [0.05, 0.1) is 13.0 Å². The number of benzene rings is 4. The third-order valence-electron chi connectivity index (χ3n) is 8.70. The minimum absolute atomic E-state index is 0.160. The molecule has 2 heterocycles. The molecule has 7 nitrogen and oxygen atoms in total. The van der Waals surface area contributed by atoms with E-state index in [0.29, 0.717) is 34.7 Å². The number of ketones is 1. The number of hydrogen-bond acceptors (Lipinski definition) is 4. The first-order chi connectivity index (χ1) is 21.2. The van der Waals surface area contributed by atoms with Crippen molar-refractivity contribution in [3.05, 3.63) is 124 Å². The van der Waals surface area contributed by atoms with Crippen molar-refractivity contribution >= 4 is 45.0 Å². The number of amides is 3. The summed E-state index contributed by atoms with van der Waals surface area (Å²) in [6.07, 6.45) is 0.571. The average molecular weight is 653 g/mol. The fourth-order valence-electron chi connectivity index (χ4n) is 7.04. The van der Waals surface area contributed by atoms with E-state index in [1.165, 1.54) is 0 Å². The van der Waals surface area contributed by atoms with Gasteiger partial charge < -0.3 is 20.3 Å². The van der Waals surface area contributed by atoms with Crippen molar-refractivity contribution in [2.75, 3.05) is 17.7 Å². The number of hydrogen-bond donors (Lipinski definition) is 2. The summed E-state index contributed by atoms with van der Waals surface area (Å²) in [5, 5.41) is 6.11. The molecule has 4 aromatic rings. The van der Waals surface area contributed by atoms with Crippen molar-refractivity contribution in [1.82, 2.24) is 4.90 Å². The molecule has 2 aliphatic heterocycles. The van der Waals surface area contributed by atoms with Crippen LogP contribution in [0, 0.1) is 11.8 Å². The van der Waals surface area contributed by atoms with Crippen molar-refractivity contribution in [3.63, 3.8) is 0 Å². The number of anilines is 2. The van der Waals surface area contributed by atoms with Crippen LogP contribution in [0.1, 0.15) is 47.7 Å². The molecule has 1 spiro atoms. The largest absolute Gasteiger partial charge is 0.497 e. The minimum Gasteiger partial charge on any atom is -0.497 e. The highest BCUT2D eigenvalue weighted by molar-refractivity contribution is 9.10. The Morgan fingerprint density at radius 2 is 1.66 bits per heavy atom. The molecule has 0 aromatic heterocycles. The highest BCUT2D eigenvalue weighted by atomic mass is 79.9. The molecular weight excluding hydrogens is 618 g/mol. The van der Waals surface area contributed by atoms with Crippen LogP contribution in [-0.4, -0.2) is 35.8 Å². The molecule has 4 aromatic carbocycles. The Bertz CT molecular complexity index is 1710. The first kappa shape index (κ1) is 29.6. The Hall–Kier alpha value is -4.43. The normalized spacial score (nSPS) is 22.2. The van der Waals surface area contributed by atoms with Crippen molar-refractivity contribution in [2.24, 2.45) is 11.8 Å². The fraction of sp³-hybridized carbons (Fsp3) is 0.250. The van der Waals surface area contributed by atoms with Gasteiger partial charge in [0.1, 0.15) is 5.75 Å². The van der Waals surface area contributed by atoms with Gasteiger partial charge in [-0.15, -0.1) is 0 Å². The quantitative estimate of drug-likeness (QED) is 0.199. The topological polar surface area (TPSA) is 87.7 Å². The van der Waals surface area contributed by atoms with Gasteiger partial charge in [0.15, 0.2) is 11.3 Å². The van der Waals surface area contributed by atoms with Crippen LogP contribution in [0.15, 0.2) is 108 Å². The summed E-state index contributed by atoms with van der Waals surface area (Å²) < 4.78 is 6.14. The van der Waals surface area contributed by atoms with E-state index in [2.05, 4.69) is 40.4 Å². The minimum atomic E-state index is -1.63. The highest BCUT2D eigenvalue weighted by Gasteiger charge is 2.70. The average Bonchev–Trinajstić information content (AvgIpc) is 3.48. The summed E-state index contributed by atoms with van der Waals surface area (Å²) in [4.78, 5) is 46.0. The lowest BCUT2D eigenvalue weighted by atomic mass is 9.69. The lowest BCUT2D eigenvalue weighted by molar-refractivity contribution is -0.126. The maximum absolute atomic E-state index is 14.9. The van der Waals surface area contributed by atoms with Crippen LogP contribution in [0.3, 0.4) is 0 Å². The van der Waals surface area contributed by atoms with Gasteiger partial charge in [-0.2, -0.15) is 0 Å². The summed E-state index contributed by atoms with van der Waals surface area (Å²) in [5.41, 5.74) is 1.47. The highest BCUT2D eigenvalue weighted by Crippen LogP contribution is 2.60. The van der Waals surface area contributed by atoms with Crippen LogP contribution in [0.4, 0.5) is 16.2 Å². The van der Waals surface area contributed by atoms with E-state index in [4.69, 9.17) is 4.74 Å². The number of nitrogens with zero attached hydrogens (tertiary/aromatic N) is 1. The number of carbonyl (C=O) groups is 3. The maximum atomic E-state index is 14.9. The molecule has 0 saturated carbocycles. The summed E-state index contributed by atoms with van der Waals surface area (Å²) in [5.74, 6) is -1.22. The zero-order valence-electron chi connectivity index (χ0n) is 24.8. The number of nitrogens with one attached hydrogen (secondary N) is 2. The van der Waals surface area contributed by atoms with Gasteiger partial charge in [0, 0.05) is 45.0 Å². The van der Waals surface area contributed by atoms with Gasteiger partial charge in [-0.05, 0) is 48.2 Å². The van der Waals surface area contributed by atoms with Gasteiger partial charge in [-0.1, -0.05) is 96.5 Å². The number of halogens is 1. The third kappa shape index (κ3) is 4.97. The molecule has 1 fully saturated rings. The van der Waals surface area contributed by atoms with Crippen LogP contribution in [0.5, 0.6) is 5.75 Å². The first-order valence-corrected chi connectivity index (χ1v) is 15.5. The number of likely N-dealkylation sites (tertiary alicyclic amines) is 1. The number of carbonyl (C=O) groups excluding carboxylic acids is 3. The maximum Gasteiger partial charge on any atom is 0.323 e. The van der Waals surface area contributed by atoms with E-state index in [-0.39, 0.29) is 11.7 Å². The predicted molar refractivity (Wildman–Crippen MR) is 175 cm³/mol. The standard InChI is InChI=1S/C36H34BrN3O4/c1-22(2)19-30-31(23-11-6-4-7-12-23)32(33(41)24-13-8-5-9-14-24)36(28-20-25(37)17-18-29(28)39-34(36)42)40(30)35(43)38-26-15-10-16-27(21-26)44-3/h4-18,20-22,30-32H,19H2,1-3H3,(H,38,43)(H,39,42). The second-order valence-electron chi connectivity index (χ2n) is 11.8. The van der Waals surface area contributed by atoms with E-state index >= 15 is 0 Å². The van der Waals surface area contributed by atoms with Gasteiger partial charge in [-0.3, -0.25) is 9.59 Å². The molecule has 44 heavy (non-hydrogen) atoms. The van der Waals surface area contributed by atoms with Crippen LogP contribution >= 0.6 is 15.9 Å². The number of methoxy groups -OCH3 is 1. The van der Waals surface area contributed by atoms with Crippen LogP contribution < -0.4 is 15.4 Å². The van der Waals surface area contributed by atoms with Crippen LogP contribution in [-0.2, 0) is 10.3 Å². The third-order valence-corrected chi connectivity index (χ3v) is 9.19. The van der Waals surface area contributed by atoms with Crippen molar-refractivity contribution in [3.8, 4) is 5.75 Å². The number of rotatable bonds is 7. The van der Waals surface area contributed by atoms with Gasteiger partial charge in [-0.25, -0.2) is 4.79 Å². The van der Waals surface area contributed by atoms with Gasteiger partial charge in [0.2, 0.25) is 0 Å². The summed E-state index contributed by atoms with van der Waals surface area (Å²) in [6, 6.07) is 30.6. The molecule has 8 heteroatoms. The molecule has 4 unspecified atom stereocenters. The van der Waals surface area contributed by atoms with Crippen LogP contribution in [0.2, 0.25) is 0 Å². The monoisotopic (exact) mass is 651 g/mol. The van der Waals surface area contributed by atoms with E-state index in [1.54, 1.807) is 48.4 Å². The molecule has 224 valence electrons. The van der Waals surface area contributed by atoms with E-state index in [0.717, 1.165) is 10.0 Å². The Labute approximate surface area is 265 Å². The van der Waals surface area contributed by atoms with E-state index < -0.39 is 35.4 Å².